The van der Waals surface area contributed by atoms with E-state index in [9.17, 15) is 4.79 Å². The van der Waals surface area contributed by atoms with Crippen LogP contribution in [0.4, 0.5) is 0 Å². The van der Waals surface area contributed by atoms with Crippen molar-refractivity contribution in [2.75, 3.05) is 0 Å². The fraction of sp³-hybridized carbons (Fsp3) is 0.400. The molecule has 3 atom stereocenters. The van der Waals surface area contributed by atoms with Crippen molar-refractivity contribution in [3.8, 4) is 0 Å². The van der Waals surface area contributed by atoms with E-state index in [1.54, 1.807) is 0 Å². The van der Waals surface area contributed by atoms with Crippen LogP contribution in [-0.2, 0) is 4.79 Å². The van der Waals surface area contributed by atoms with Gasteiger partial charge in [-0.1, -0.05) is 30.4 Å². The van der Waals surface area contributed by atoms with Crippen LogP contribution in [0, 0.1) is 11.8 Å². The van der Waals surface area contributed by atoms with Crippen LogP contribution in [0.25, 0.3) is 0 Å². The number of ketones is 1. The molecule has 1 aromatic carbocycles. The number of carbonyl (C=O) groups excluding carboxylic acids is 1. The minimum atomic E-state index is 0.190. The second-order valence-corrected chi connectivity index (χ2v) is 6.18. The van der Waals surface area contributed by atoms with Crippen LogP contribution in [0.3, 0.4) is 0 Å². The van der Waals surface area contributed by atoms with Crippen molar-refractivity contribution in [3.63, 3.8) is 0 Å². The lowest BCUT2D eigenvalue weighted by atomic mass is 9.90. The highest BCUT2D eigenvalue weighted by molar-refractivity contribution is 8.00. The van der Waals surface area contributed by atoms with Gasteiger partial charge in [0, 0.05) is 22.5 Å². The van der Waals surface area contributed by atoms with Crippen LogP contribution >= 0.6 is 11.8 Å². The van der Waals surface area contributed by atoms with Gasteiger partial charge in [-0.05, 0) is 30.9 Å². The monoisotopic (exact) mass is 244 g/mol. The Balaban J connectivity index is 1.77. The first-order valence-electron chi connectivity index (χ1n) is 6.25. The van der Waals surface area contributed by atoms with Gasteiger partial charge >= 0.3 is 0 Å². The minimum Gasteiger partial charge on any atom is -0.299 e. The van der Waals surface area contributed by atoms with Crippen molar-refractivity contribution in [1.82, 2.24) is 0 Å². The molecule has 0 saturated heterocycles. The van der Waals surface area contributed by atoms with Gasteiger partial charge in [0.25, 0.3) is 0 Å². The van der Waals surface area contributed by atoms with Crippen LogP contribution in [0.15, 0.2) is 47.4 Å². The Bertz CT molecular complexity index is 437. The van der Waals surface area contributed by atoms with Gasteiger partial charge in [-0.3, -0.25) is 4.79 Å². The molecule has 0 amide bonds. The Labute approximate surface area is 106 Å². The fourth-order valence-electron chi connectivity index (χ4n) is 2.73. The Hall–Kier alpha value is -1.02. The Morgan fingerprint density at radius 3 is 2.76 bits per heavy atom. The van der Waals surface area contributed by atoms with Gasteiger partial charge in [0.15, 0.2) is 0 Å². The summed E-state index contributed by atoms with van der Waals surface area (Å²) in [6.45, 7) is 0. The number of carbonyl (C=O) groups is 1. The van der Waals surface area contributed by atoms with E-state index in [0.717, 1.165) is 19.3 Å². The third kappa shape index (κ3) is 2.32. The molecule has 2 heteroatoms. The molecule has 3 aliphatic carbocycles. The van der Waals surface area contributed by atoms with Crippen molar-refractivity contribution in [1.29, 1.82) is 0 Å². The minimum absolute atomic E-state index is 0.190. The van der Waals surface area contributed by atoms with Crippen LogP contribution in [0.2, 0.25) is 0 Å². The third-order valence-corrected chi connectivity index (χ3v) is 5.11. The summed E-state index contributed by atoms with van der Waals surface area (Å²) in [5.41, 5.74) is 0. The van der Waals surface area contributed by atoms with E-state index in [1.807, 2.05) is 17.8 Å². The van der Waals surface area contributed by atoms with Gasteiger partial charge in [-0.25, -0.2) is 0 Å². The molecule has 3 aliphatic rings. The standard InChI is InChI=1S/C15H16OS/c16-14-9-8-11-6-7-12(14)10-15(11)17-13-4-2-1-3-5-13/h1-7,11-12,15H,8-10H2/t11-,12-,15+/m1/s1. The van der Waals surface area contributed by atoms with Crippen molar-refractivity contribution < 1.29 is 4.79 Å². The molecule has 0 radical (unpaired) electrons. The topological polar surface area (TPSA) is 17.1 Å². The van der Waals surface area contributed by atoms with Crippen molar-refractivity contribution in [2.45, 2.75) is 29.4 Å². The summed E-state index contributed by atoms with van der Waals surface area (Å²) in [6, 6.07) is 10.5. The second kappa shape index (κ2) is 4.69. The highest BCUT2D eigenvalue weighted by Crippen LogP contribution is 2.41. The lowest BCUT2D eigenvalue weighted by molar-refractivity contribution is -0.121. The van der Waals surface area contributed by atoms with Crippen LogP contribution in [0.5, 0.6) is 0 Å². The van der Waals surface area contributed by atoms with E-state index < -0.39 is 0 Å². The molecular formula is C15H16OS. The predicted molar refractivity (Wildman–Crippen MR) is 71.1 cm³/mol. The van der Waals surface area contributed by atoms with Gasteiger partial charge in [0.05, 0.1) is 0 Å². The van der Waals surface area contributed by atoms with Gasteiger partial charge in [0.2, 0.25) is 0 Å². The quantitative estimate of drug-likeness (QED) is 0.738. The number of hydrogen-bond donors (Lipinski definition) is 0. The first-order valence-corrected chi connectivity index (χ1v) is 7.13. The average Bonchev–Trinajstić information content (AvgIpc) is 2.62. The van der Waals surface area contributed by atoms with Crippen LogP contribution < -0.4 is 0 Å². The Morgan fingerprint density at radius 1 is 1.12 bits per heavy atom. The molecule has 1 aromatic rings. The number of benzene rings is 1. The first-order chi connectivity index (χ1) is 8.33. The molecule has 2 bridgehead atoms. The number of thioether (sulfide) groups is 1. The molecule has 1 fully saturated rings. The van der Waals surface area contributed by atoms with E-state index in [4.69, 9.17) is 0 Å². The van der Waals surface area contributed by atoms with Gasteiger partial charge in [0.1, 0.15) is 5.78 Å². The van der Waals surface area contributed by atoms with Gasteiger partial charge in [-0.2, -0.15) is 0 Å². The van der Waals surface area contributed by atoms with E-state index in [0.29, 0.717) is 17.0 Å². The first kappa shape index (κ1) is 11.1. The molecule has 0 spiro atoms. The predicted octanol–water partition coefficient (Wildman–Crippen LogP) is 3.70. The normalized spacial score (nSPS) is 31.5. The zero-order chi connectivity index (χ0) is 11.7. The molecule has 0 N–H and O–H groups in total. The van der Waals surface area contributed by atoms with Crippen molar-refractivity contribution >= 4 is 17.5 Å². The Morgan fingerprint density at radius 2 is 1.94 bits per heavy atom. The SMILES string of the molecule is O=C1CC[C@H]2C=C[C@@H]1C[C@@H]2Sc1ccccc1. The maximum absolute atomic E-state index is 11.8. The lowest BCUT2D eigenvalue weighted by Gasteiger charge is -2.26. The zero-order valence-electron chi connectivity index (χ0n) is 9.71. The second-order valence-electron chi connectivity index (χ2n) is 4.87. The maximum Gasteiger partial charge on any atom is 0.139 e. The maximum atomic E-state index is 11.8. The molecule has 0 aliphatic heterocycles. The molecular weight excluding hydrogens is 228 g/mol. The van der Waals surface area contributed by atoms with Crippen molar-refractivity contribution in [2.24, 2.45) is 11.8 Å². The van der Waals surface area contributed by atoms with Crippen LogP contribution in [0.1, 0.15) is 19.3 Å². The summed E-state index contributed by atoms with van der Waals surface area (Å²) in [6.07, 6.45) is 7.26. The lowest BCUT2D eigenvalue weighted by Crippen LogP contribution is -2.21. The van der Waals surface area contributed by atoms with E-state index >= 15 is 0 Å². The fourth-order valence-corrected chi connectivity index (χ4v) is 4.10. The summed E-state index contributed by atoms with van der Waals surface area (Å²) < 4.78 is 0. The Kier molecular flexibility index (Phi) is 3.06. The van der Waals surface area contributed by atoms with E-state index in [2.05, 4.69) is 36.4 Å². The van der Waals surface area contributed by atoms with Gasteiger partial charge in [-0.15, -0.1) is 11.8 Å². The number of rotatable bonds is 2. The molecule has 88 valence electrons. The summed E-state index contributed by atoms with van der Waals surface area (Å²) in [7, 11) is 0. The molecule has 0 aromatic heterocycles. The summed E-state index contributed by atoms with van der Waals surface area (Å²) in [5.74, 6) is 1.22. The molecule has 1 nitrogen and oxygen atoms in total. The molecule has 1 saturated carbocycles. The number of hydrogen-bond acceptors (Lipinski definition) is 2. The highest BCUT2D eigenvalue weighted by atomic mass is 32.2. The molecule has 0 unspecified atom stereocenters. The highest BCUT2D eigenvalue weighted by Gasteiger charge is 2.34. The largest absolute Gasteiger partial charge is 0.299 e. The van der Waals surface area contributed by atoms with E-state index in [-0.39, 0.29) is 5.92 Å². The summed E-state index contributed by atoms with van der Waals surface area (Å²) >= 11 is 1.94. The molecule has 17 heavy (non-hydrogen) atoms. The van der Waals surface area contributed by atoms with Gasteiger partial charge < -0.3 is 0 Å². The molecule has 0 heterocycles. The summed E-state index contributed by atoms with van der Waals surface area (Å²) in [5, 5.41) is 0.582. The zero-order valence-corrected chi connectivity index (χ0v) is 10.5. The van der Waals surface area contributed by atoms with Crippen molar-refractivity contribution in [3.05, 3.63) is 42.5 Å². The number of Topliss-reactive ketones (excluding diaryl/α,β-unsaturated/α-hetero) is 1. The number of allylic oxidation sites excluding steroid dienone is 2. The third-order valence-electron chi connectivity index (χ3n) is 3.72. The smallest absolute Gasteiger partial charge is 0.139 e. The number of fused-ring (bicyclic) bond motifs is 3. The molecule has 4 rings (SSSR count). The van der Waals surface area contributed by atoms with Crippen LogP contribution in [-0.4, -0.2) is 11.0 Å². The summed E-state index contributed by atoms with van der Waals surface area (Å²) in [4.78, 5) is 13.1. The average molecular weight is 244 g/mol. The van der Waals surface area contributed by atoms with E-state index in [1.165, 1.54) is 4.90 Å².